The quantitative estimate of drug-likeness (QED) is 0.411. The molecule has 6 heteroatoms. The number of anilines is 2. The van der Waals surface area contributed by atoms with Gasteiger partial charge in [0.15, 0.2) is 0 Å². The summed E-state index contributed by atoms with van der Waals surface area (Å²) < 4.78 is 5.29. The number of ether oxygens (including phenoxy) is 1. The highest BCUT2D eigenvalue weighted by atomic mass is 16.5. The van der Waals surface area contributed by atoms with Gasteiger partial charge in [-0.15, -0.1) is 0 Å². The first kappa shape index (κ1) is 23.0. The van der Waals surface area contributed by atoms with E-state index in [1.54, 1.807) is 7.11 Å². The van der Waals surface area contributed by atoms with Gasteiger partial charge >= 0.3 is 0 Å². The van der Waals surface area contributed by atoms with Crippen LogP contribution in [0.4, 0.5) is 11.4 Å². The van der Waals surface area contributed by atoms with Crippen molar-refractivity contribution in [2.45, 2.75) is 32.0 Å². The average molecular weight is 470 g/mol. The highest BCUT2D eigenvalue weighted by molar-refractivity contribution is 5.80. The molecule has 5 rings (SSSR count). The molecule has 2 heterocycles. The van der Waals surface area contributed by atoms with Gasteiger partial charge in [0, 0.05) is 49.2 Å². The summed E-state index contributed by atoms with van der Waals surface area (Å²) >= 11 is 0. The van der Waals surface area contributed by atoms with Crippen LogP contribution < -0.4 is 20.1 Å². The van der Waals surface area contributed by atoms with Crippen molar-refractivity contribution in [2.24, 2.45) is 0 Å². The molecule has 3 aromatic carbocycles. The van der Waals surface area contributed by atoms with Crippen LogP contribution in [0.1, 0.15) is 24.0 Å². The fourth-order valence-electron chi connectivity index (χ4n) is 4.72. The number of fused-ring (bicyclic) bond motifs is 1. The molecule has 35 heavy (non-hydrogen) atoms. The van der Waals surface area contributed by atoms with E-state index >= 15 is 0 Å². The van der Waals surface area contributed by atoms with Crippen LogP contribution in [0.15, 0.2) is 83.7 Å². The summed E-state index contributed by atoms with van der Waals surface area (Å²) in [6.07, 6.45) is 1.42. The van der Waals surface area contributed by atoms with Gasteiger partial charge in [-0.1, -0.05) is 30.3 Å². The van der Waals surface area contributed by atoms with E-state index in [-0.39, 0.29) is 11.7 Å². The maximum Gasteiger partial charge on any atom is 0.253 e. The van der Waals surface area contributed by atoms with Crippen molar-refractivity contribution in [3.8, 4) is 5.75 Å². The maximum absolute atomic E-state index is 13.0. The van der Waals surface area contributed by atoms with E-state index in [4.69, 9.17) is 4.74 Å². The number of hydrogen-bond donors (Lipinski definition) is 2. The maximum atomic E-state index is 13.0. The van der Waals surface area contributed by atoms with Gasteiger partial charge in [-0.05, 0) is 66.3 Å². The summed E-state index contributed by atoms with van der Waals surface area (Å²) in [4.78, 5) is 20.6. The predicted molar refractivity (Wildman–Crippen MR) is 141 cm³/mol. The molecule has 1 fully saturated rings. The van der Waals surface area contributed by atoms with E-state index in [1.807, 2.05) is 42.5 Å². The third kappa shape index (κ3) is 5.33. The fraction of sp³-hybridized carbons (Fsp3) is 0.276. The summed E-state index contributed by atoms with van der Waals surface area (Å²) in [7, 11) is 1.62. The Morgan fingerprint density at radius 3 is 2.43 bits per heavy atom. The molecule has 4 aromatic rings. The summed E-state index contributed by atoms with van der Waals surface area (Å²) in [5, 5.41) is 10.8. The normalized spacial score (nSPS) is 14.3. The summed E-state index contributed by atoms with van der Waals surface area (Å²) in [5.41, 5.74) is 4.80. The molecule has 180 valence electrons. The summed E-state index contributed by atoms with van der Waals surface area (Å²) in [6, 6.07) is 26.5. The second kappa shape index (κ2) is 10.2. The first-order valence-corrected chi connectivity index (χ1v) is 12.1. The molecular weight excluding hydrogens is 438 g/mol. The number of nitrogens with zero attached hydrogens (tertiary/aromatic N) is 2. The molecule has 0 amide bonds. The Kier molecular flexibility index (Phi) is 6.73. The van der Waals surface area contributed by atoms with Crippen LogP contribution in [0.25, 0.3) is 10.9 Å². The predicted octanol–water partition coefficient (Wildman–Crippen LogP) is 4.70. The standard InChI is InChI=1S/C29H31N3O3/c1-35-27-12-7-22-17-23(29(34)30-28(22)18-27)20-32(19-21-5-3-2-4-6-21)25-10-8-24(9-11-25)31-15-13-26(33)14-16-31/h2-12,17-18,26,33H,13-16,19-20H2,1H3,(H,30,34). The van der Waals surface area contributed by atoms with Gasteiger partial charge in [0.2, 0.25) is 0 Å². The number of aliphatic hydroxyl groups excluding tert-OH is 1. The Morgan fingerprint density at radius 1 is 0.971 bits per heavy atom. The smallest absolute Gasteiger partial charge is 0.253 e. The number of benzene rings is 3. The van der Waals surface area contributed by atoms with Crippen molar-refractivity contribution in [3.63, 3.8) is 0 Å². The van der Waals surface area contributed by atoms with Crippen LogP contribution in [-0.4, -0.2) is 36.4 Å². The molecule has 0 aliphatic carbocycles. The van der Waals surface area contributed by atoms with Crippen molar-refractivity contribution in [1.82, 2.24) is 4.98 Å². The number of rotatable bonds is 7. The number of hydrogen-bond acceptors (Lipinski definition) is 5. The third-order valence-electron chi connectivity index (χ3n) is 6.75. The van der Waals surface area contributed by atoms with Crippen LogP contribution in [0.2, 0.25) is 0 Å². The number of aromatic amines is 1. The molecular formula is C29H31N3O3. The zero-order valence-electron chi connectivity index (χ0n) is 20.0. The molecule has 1 saturated heterocycles. The molecule has 1 aliphatic heterocycles. The number of aromatic nitrogens is 1. The molecule has 0 radical (unpaired) electrons. The highest BCUT2D eigenvalue weighted by Crippen LogP contribution is 2.26. The Bertz CT molecular complexity index is 1330. The molecule has 0 bridgehead atoms. The highest BCUT2D eigenvalue weighted by Gasteiger charge is 2.18. The Hall–Kier alpha value is -3.77. The lowest BCUT2D eigenvalue weighted by Crippen LogP contribution is -2.35. The third-order valence-corrected chi connectivity index (χ3v) is 6.75. The van der Waals surface area contributed by atoms with Crippen molar-refractivity contribution >= 4 is 22.3 Å². The Balaban J connectivity index is 1.43. The van der Waals surface area contributed by atoms with Crippen LogP contribution in [0.3, 0.4) is 0 Å². The second-order valence-corrected chi connectivity index (χ2v) is 9.15. The van der Waals surface area contributed by atoms with E-state index in [0.29, 0.717) is 18.7 Å². The van der Waals surface area contributed by atoms with Crippen LogP contribution in [0, 0.1) is 0 Å². The van der Waals surface area contributed by atoms with Crippen molar-refractivity contribution in [2.75, 3.05) is 30.0 Å². The zero-order valence-corrected chi connectivity index (χ0v) is 20.0. The van der Waals surface area contributed by atoms with Gasteiger partial charge in [0.25, 0.3) is 5.56 Å². The summed E-state index contributed by atoms with van der Waals surface area (Å²) in [5.74, 6) is 0.718. The van der Waals surface area contributed by atoms with E-state index in [0.717, 1.165) is 54.0 Å². The van der Waals surface area contributed by atoms with Gasteiger partial charge in [0.05, 0.1) is 18.7 Å². The molecule has 0 atom stereocenters. The SMILES string of the molecule is COc1ccc2cc(CN(Cc3ccccc3)c3ccc(N4CCC(O)CC4)cc3)c(=O)[nH]c2c1. The molecule has 1 aliphatic rings. The zero-order chi connectivity index (χ0) is 24.2. The minimum absolute atomic E-state index is 0.0905. The van der Waals surface area contributed by atoms with E-state index < -0.39 is 0 Å². The largest absolute Gasteiger partial charge is 0.497 e. The molecule has 0 saturated carbocycles. The van der Waals surface area contributed by atoms with Gasteiger partial charge in [-0.25, -0.2) is 0 Å². The average Bonchev–Trinajstić information content (AvgIpc) is 2.89. The molecule has 6 nitrogen and oxygen atoms in total. The molecule has 1 aromatic heterocycles. The second-order valence-electron chi connectivity index (χ2n) is 9.15. The number of methoxy groups -OCH3 is 1. The van der Waals surface area contributed by atoms with Crippen LogP contribution in [0.5, 0.6) is 5.75 Å². The first-order valence-electron chi connectivity index (χ1n) is 12.1. The number of H-pyrrole nitrogens is 1. The lowest BCUT2D eigenvalue weighted by Gasteiger charge is -2.32. The monoisotopic (exact) mass is 469 g/mol. The number of aliphatic hydroxyl groups is 1. The summed E-state index contributed by atoms with van der Waals surface area (Å²) in [6.45, 7) is 2.91. The number of nitrogens with one attached hydrogen (secondary N) is 1. The van der Waals surface area contributed by atoms with Gasteiger partial charge in [-0.2, -0.15) is 0 Å². The lowest BCUT2D eigenvalue weighted by atomic mass is 10.1. The molecule has 0 unspecified atom stereocenters. The molecule has 0 spiro atoms. The van der Waals surface area contributed by atoms with Gasteiger partial charge < -0.3 is 24.6 Å². The van der Waals surface area contributed by atoms with E-state index in [2.05, 4.69) is 51.2 Å². The Morgan fingerprint density at radius 2 is 1.71 bits per heavy atom. The van der Waals surface area contributed by atoms with Crippen molar-refractivity contribution in [3.05, 3.63) is 100 Å². The van der Waals surface area contributed by atoms with Gasteiger partial charge in [-0.3, -0.25) is 4.79 Å². The van der Waals surface area contributed by atoms with Crippen molar-refractivity contribution < 1.29 is 9.84 Å². The number of piperidine rings is 1. The minimum Gasteiger partial charge on any atom is -0.497 e. The fourth-order valence-corrected chi connectivity index (χ4v) is 4.72. The van der Waals surface area contributed by atoms with Crippen molar-refractivity contribution in [1.29, 1.82) is 0 Å². The van der Waals surface area contributed by atoms with Crippen LogP contribution >= 0.6 is 0 Å². The molecule has 2 N–H and O–H groups in total. The Labute approximate surface area is 205 Å². The number of pyridine rings is 1. The van der Waals surface area contributed by atoms with E-state index in [9.17, 15) is 9.90 Å². The lowest BCUT2D eigenvalue weighted by molar-refractivity contribution is 0.145. The first-order chi connectivity index (χ1) is 17.1. The minimum atomic E-state index is -0.187. The van der Waals surface area contributed by atoms with Gasteiger partial charge in [0.1, 0.15) is 5.75 Å². The van der Waals surface area contributed by atoms with E-state index in [1.165, 1.54) is 5.56 Å². The van der Waals surface area contributed by atoms with Crippen LogP contribution in [-0.2, 0) is 13.1 Å². The topological polar surface area (TPSA) is 68.8 Å².